The Bertz CT molecular complexity index is 574. The van der Waals surface area contributed by atoms with Crippen molar-refractivity contribution in [3.05, 3.63) is 0 Å². The van der Waals surface area contributed by atoms with Crippen LogP contribution < -0.4 is 0 Å². The van der Waals surface area contributed by atoms with Gasteiger partial charge in [0, 0.05) is 6.42 Å². The van der Waals surface area contributed by atoms with Gasteiger partial charge in [-0.1, -0.05) is 20.8 Å². The van der Waals surface area contributed by atoms with Crippen molar-refractivity contribution in [2.45, 2.75) is 97.5 Å². The second-order valence-corrected chi connectivity index (χ2v) is 11.2. The highest BCUT2D eigenvalue weighted by atomic mass is 16.4. The summed E-state index contributed by atoms with van der Waals surface area (Å²) in [6, 6.07) is 0. The number of hydrogen-bond acceptors (Lipinski definition) is 2. The number of fused-ring (bicyclic) bond motifs is 5. The summed E-state index contributed by atoms with van der Waals surface area (Å²) in [6.07, 6.45) is 12.4. The normalized spacial score (nSPS) is 50.4. The van der Waals surface area contributed by atoms with Crippen LogP contribution in [0.1, 0.15) is 91.4 Å². The molecule has 0 bridgehead atoms. The Morgan fingerprint density at radius 1 is 1.00 bits per heavy atom. The van der Waals surface area contributed by atoms with Crippen molar-refractivity contribution < 1.29 is 15.0 Å². The third-order valence-electron chi connectivity index (χ3n) is 10.2. The van der Waals surface area contributed by atoms with E-state index in [9.17, 15) is 9.90 Å². The number of hydrogen-bond donors (Lipinski definition) is 2. The first-order valence-electron chi connectivity index (χ1n) is 11.7. The molecule has 0 heterocycles. The molecule has 4 aliphatic carbocycles. The van der Waals surface area contributed by atoms with E-state index in [1.54, 1.807) is 0 Å². The molecule has 4 aliphatic rings. The fourth-order valence-electron chi connectivity index (χ4n) is 8.76. The molecule has 2 N–H and O–H groups in total. The zero-order valence-electron chi connectivity index (χ0n) is 17.6. The molecule has 0 amide bonds. The summed E-state index contributed by atoms with van der Waals surface area (Å²) in [5.74, 6) is 3.91. The molecule has 0 saturated heterocycles. The maximum absolute atomic E-state index is 11.0. The summed E-state index contributed by atoms with van der Waals surface area (Å²) in [6.45, 7) is 7.43. The van der Waals surface area contributed by atoms with Crippen molar-refractivity contribution in [3.63, 3.8) is 0 Å². The maximum Gasteiger partial charge on any atom is 0.303 e. The Balaban J connectivity index is 1.51. The van der Waals surface area contributed by atoms with Crippen LogP contribution in [-0.4, -0.2) is 22.3 Å². The fourth-order valence-corrected chi connectivity index (χ4v) is 8.76. The largest absolute Gasteiger partial charge is 0.481 e. The van der Waals surface area contributed by atoms with Crippen LogP contribution in [0.5, 0.6) is 0 Å². The minimum atomic E-state index is -0.643. The second-order valence-electron chi connectivity index (χ2n) is 11.2. The summed E-state index contributed by atoms with van der Waals surface area (Å²) in [5, 5.41) is 19.3. The molecule has 0 aromatic heterocycles. The van der Waals surface area contributed by atoms with Crippen molar-refractivity contribution in [1.29, 1.82) is 0 Å². The van der Waals surface area contributed by atoms with Gasteiger partial charge in [0.1, 0.15) is 0 Å². The van der Waals surface area contributed by atoms with E-state index in [1.807, 2.05) is 0 Å². The maximum atomic E-state index is 11.0. The highest BCUT2D eigenvalue weighted by Gasteiger charge is 2.60. The molecule has 3 nitrogen and oxygen atoms in total. The zero-order valence-corrected chi connectivity index (χ0v) is 17.6. The van der Waals surface area contributed by atoms with Crippen LogP contribution in [0.2, 0.25) is 0 Å². The van der Waals surface area contributed by atoms with Gasteiger partial charge in [-0.15, -0.1) is 0 Å². The number of aliphatic carboxylic acids is 1. The minimum absolute atomic E-state index is 0.0561. The fraction of sp³-hybridized carbons (Fsp3) is 0.958. The van der Waals surface area contributed by atoms with Crippen molar-refractivity contribution in [3.8, 4) is 0 Å². The van der Waals surface area contributed by atoms with Gasteiger partial charge >= 0.3 is 5.97 Å². The molecule has 0 aromatic rings. The Kier molecular flexibility index (Phi) is 5.15. The molecule has 0 radical (unpaired) electrons. The number of carboxylic acids is 1. The molecule has 0 aromatic carbocycles. The monoisotopic (exact) mass is 376 g/mol. The molecular weight excluding hydrogens is 336 g/mol. The van der Waals surface area contributed by atoms with E-state index < -0.39 is 5.97 Å². The molecule has 5 unspecified atom stereocenters. The third-order valence-corrected chi connectivity index (χ3v) is 10.2. The summed E-state index contributed by atoms with van der Waals surface area (Å²) in [5.41, 5.74) is 0.882. The zero-order chi connectivity index (χ0) is 19.4. The quantitative estimate of drug-likeness (QED) is 0.680. The van der Waals surface area contributed by atoms with E-state index in [-0.39, 0.29) is 6.10 Å². The molecule has 9 atom stereocenters. The first-order chi connectivity index (χ1) is 12.8. The number of aliphatic hydroxyl groups is 1. The van der Waals surface area contributed by atoms with Gasteiger partial charge in [0.15, 0.2) is 0 Å². The summed E-state index contributed by atoms with van der Waals surface area (Å²) >= 11 is 0. The van der Waals surface area contributed by atoms with Crippen LogP contribution in [0.4, 0.5) is 0 Å². The predicted octanol–water partition coefficient (Wildman–Crippen LogP) is 5.51. The first-order valence-corrected chi connectivity index (χ1v) is 11.7. The van der Waals surface area contributed by atoms with Gasteiger partial charge in [-0.25, -0.2) is 0 Å². The van der Waals surface area contributed by atoms with E-state index in [1.165, 1.54) is 44.9 Å². The number of rotatable bonds is 4. The number of carbonyl (C=O) groups is 1. The molecule has 154 valence electrons. The average molecular weight is 377 g/mol. The Labute approximate surface area is 165 Å². The highest BCUT2D eigenvalue weighted by Crippen LogP contribution is 2.68. The molecule has 4 rings (SSSR count). The van der Waals surface area contributed by atoms with Crippen molar-refractivity contribution in [2.24, 2.45) is 46.3 Å². The Morgan fingerprint density at radius 2 is 1.70 bits per heavy atom. The van der Waals surface area contributed by atoms with Crippen LogP contribution >= 0.6 is 0 Å². The average Bonchev–Trinajstić information content (AvgIpc) is 2.97. The van der Waals surface area contributed by atoms with E-state index in [0.717, 1.165) is 42.9 Å². The van der Waals surface area contributed by atoms with E-state index in [0.29, 0.717) is 29.1 Å². The van der Waals surface area contributed by atoms with Gasteiger partial charge in [-0.2, -0.15) is 0 Å². The second kappa shape index (κ2) is 7.04. The molecule has 3 heteroatoms. The molecule has 4 saturated carbocycles. The van der Waals surface area contributed by atoms with Gasteiger partial charge in [-0.05, 0) is 111 Å². The predicted molar refractivity (Wildman–Crippen MR) is 107 cm³/mol. The number of carboxylic acid groups (broad SMARTS) is 1. The number of aliphatic hydroxyl groups excluding tert-OH is 1. The van der Waals surface area contributed by atoms with Crippen LogP contribution in [0.25, 0.3) is 0 Å². The molecule has 0 spiro atoms. The Hall–Kier alpha value is -0.570. The third kappa shape index (κ3) is 3.16. The van der Waals surface area contributed by atoms with Gasteiger partial charge in [0.2, 0.25) is 0 Å². The van der Waals surface area contributed by atoms with Crippen LogP contribution in [-0.2, 0) is 4.79 Å². The van der Waals surface area contributed by atoms with Crippen LogP contribution in [0.3, 0.4) is 0 Å². The molecule has 4 fully saturated rings. The summed E-state index contributed by atoms with van der Waals surface area (Å²) in [7, 11) is 0. The van der Waals surface area contributed by atoms with Gasteiger partial charge in [0.25, 0.3) is 0 Å². The van der Waals surface area contributed by atoms with E-state index in [4.69, 9.17) is 5.11 Å². The summed E-state index contributed by atoms with van der Waals surface area (Å²) < 4.78 is 0. The van der Waals surface area contributed by atoms with Gasteiger partial charge < -0.3 is 10.2 Å². The SMILES string of the molecule is CC(CCC(=O)O)[C@H]1CCC2C3CC[C@@H]4CC(O)CC[C@]4(C)C3CC[C@@]21C. The lowest BCUT2D eigenvalue weighted by molar-refractivity contribution is -0.138. The van der Waals surface area contributed by atoms with Crippen molar-refractivity contribution in [2.75, 3.05) is 0 Å². The van der Waals surface area contributed by atoms with Crippen molar-refractivity contribution >= 4 is 5.97 Å². The van der Waals surface area contributed by atoms with E-state index >= 15 is 0 Å². The lowest BCUT2D eigenvalue weighted by Crippen LogP contribution is -2.54. The Morgan fingerprint density at radius 3 is 2.44 bits per heavy atom. The van der Waals surface area contributed by atoms with Crippen LogP contribution in [0, 0.1) is 46.3 Å². The smallest absolute Gasteiger partial charge is 0.303 e. The topological polar surface area (TPSA) is 57.5 Å². The first kappa shape index (κ1) is 19.7. The summed E-state index contributed by atoms with van der Waals surface area (Å²) in [4.78, 5) is 11.0. The van der Waals surface area contributed by atoms with E-state index in [2.05, 4.69) is 20.8 Å². The lowest BCUT2D eigenvalue weighted by atomic mass is 9.44. The van der Waals surface area contributed by atoms with Gasteiger partial charge in [0.05, 0.1) is 6.10 Å². The standard InChI is InChI=1S/C24H40O3/c1-15(4-9-22(26)27)19-7-8-20-18-6-5-16-14-17(25)10-12-23(16,2)21(18)11-13-24(19,20)3/h15-21,25H,4-14H2,1-3H3,(H,26,27)/t15?,16-,17?,18?,19-,20?,21?,23+,24-/m1/s1. The lowest BCUT2D eigenvalue weighted by Gasteiger charge is -2.61. The molecule has 27 heavy (non-hydrogen) atoms. The van der Waals surface area contributed by atoms with Gasteiger partial charge in [-0.3, -0.25) is 4.79 Å². The highest BCUT2D eigenvalue weighted by molar-refractivity contribution is 5.66. The van der Waals surface area contributed by atoms with Crippen molar-refractivity contribution in [1.82, 2.24) is 0 Å². The molecular formula is C24H40O3. The minimum Gasteiger partial charge on any atom is -0.481 e. The van der Waals surface area contributed by atoms with Crippen LogP contribution in [0.15, 0.2) is 0 Å². The molecule has 0 aliphatic heterocycles.